The second-order valence-electron chi connectivity index (χ2n) is 4.35. The van der Waals surface area contributed by atoms with Crippen LogP contribution in [0.5, 0.6) is 0 Å². The Kier molecular flexibility index (Phi) is 4.71. The molecule has 1 amide bonds. The number of halogens is 1. The molecule has 0 bridgehead atoms. The topological polar surface area (TPSA) is 89.5 Å². The number of esters is 1. The van der Waals surface area contributed by atoms with Crippen molar-refractivity contribution in [1.82, 2.24) is 5.32 Å². The van der Waals surface area contributed by atoms with Gasteiger partial charge in [-0.1, -0.05) is 12.1 Å². The molecule has 1 aromatic carbocycles. The van der Waals surface area contributed by atoms with Crippen LogP contribution < -0.4 is 5.32 Å². The number of amides is 1. The van der Waals surface area contributed by atoms with E-state index in [1.165, 1.54) is 6.07 Å². The highest BCUT2D eigenvalue weighted by molar-refractivity contribution is 14.1. The molecule has 7 heteroatoms. The van der Waals surface area contributed by atoms with Gasteiger partial charge in [0.2, 0.25) is 5.91 Å². The second-order valence-corrected chi connectivity index (χ2v) is 5.51. The highest BCUT2D eigenvalue weighted by atomic mass is 127. The minimum atomic E-state index is -1.41. The summed E-state index contributed by atoms with van der Waals surface area (Å²) in [7, 11) is 0. The Morgan fingerprint density at radius 1 is 1.29 bits per heavy atom. The van der Waals surface area contributed by atoms with Crippen LogP contribution in [-0.2, 0) is 14.3 Å². The van der Waals surface area contributed by atoms with Gasteiger partial charge < -0.3 is 10.1 Å². The largest absolute Gasteiger partial charge is 0.465 e. The van der Waals surface area contributed by atoms with Crippen LogP contribution in [-0.4, -0.2) is 36.6 Å². The van der Waals surface area contributed by atoms with Gasteiger partial charge in [-0.15, -0.1) is 0 Å². The second kappa shape index (κ2) is 6.33. The van der Waals surface area contributed by atoms with E-state index in [1.54, 1.807) is 19.1 Å². The summed E-state index contributed by atoms with van der Waals surface area (Å²) in [4.78, 5) is 47.6. The van der Waals surface area contributed by atoms with E-state index in [0.717, 1.165) is 0 Å². The lowest BCUT2D eigenvalue weighted by atomic mass is 10.0. The first kappa shape index (κ1) is 15.6. The van der Waals surface area contributed by atoms with E-state index in [9.17, 15) is 19.2 Å². The fourth-order valence-electron chi connectivity index (χ4n) is 2.11. The number of carbonyl (C=O) groups is 4. The Morgan fingerprint density at radius 3 is 2.62 bits per heavy atom. The first-order chi connectivity index (χ1) is 9.97. The van der Waals surface area contributed by atoms with E-state index in [-0.39, 0.29) is 24.3 Å². The Labute approximate surface area is 134 Å². The number of Topliss-reactive ketones (excluding diaryl/α,β-unsaturated/α-hetero) is 2. The minimum Gasteiger partial charge on any atom is -0.465 e. The van der Waals surface area contributed by atoms with E-state index in [4.69, 9.17) is 0 Å². The van der Waals surface area contributed by atoms with Gasteiger partial charge in [0.05, 0.1) is 6.61 Å². The van der Waals surface area contributed by atoms with E-state index < -0.39 is 29.4 Å². The Morgan fingerprint density at radius 2 is 2.00 bits per heavy atom. The highest BCUT2D eigenvalue weighted by Gasteiger charge is 2.44. The number of fused-ring (bicyclic) bond motifs is 1. The number of benzene rings is 1. The van der Waals surface area contributed by atoms with Gasteiger partial charge in [-0.05, 0) is 35.6 Å². The quantitative estimate of drug-likeness (QED) is 0.462. The van der Waals surface area contributed by atoms with E-state index in [1.807, 2.05) is 22.6 Å². The van der Waals surface area contributed by atoms with Gasteiger partial charge in [-0.25, -0.2) is 0 Å². The summed E-state index contributed by atoms with van der Waals surface area (Å²) in [5, 5.41) is 2.27. The third kappa shape index (κ3) is 2.97. The van der Waals surface area contributed by atoms with E-state index in [0.29, 0.717) is 3.57 Å². The zero-order chi connectivity index (χ0) is 15.6. The van der Waals surface area contributed by atoms with Crippen molar-refractivity contribution in [2.24, 2.45) is 5.92 Å². The molecule has 1 aliphatic carbocycles. The van der Waals surface area contributed by atoms with Crippen molar-refractivity contribution in [3.63, 3.8) is 0 Å². The van der Waals surface area contributed by atoms with Crippen molar-refractivity contribution in [2.45, 2.75) is 6.92 Å². The van der Waals surface area contributed by atoms with Crippen LogP contribution in [0.1, 0.15) is 27.6 Å². The minimum absolute atomic E-state index is 0.194. The van der Waals surface area contributed by atoms with E-state index >= 15 is 0 Å². The van der Waals surface area contributed by atoms with Crippen LogP contribution in [0.15, 0.2) is 18.2 Å². The van der Waals surface area contributed by atoms with Crippen molar-refractivity contribution >= 4 is 46.0 Å². The first-order valence-electron chi connectivity index (χ1n) is 6.27. The summed E-state index contributed by atoms with van der Waals surface area (Å²) >= 11 is 1.95. The number of nitrogens with one attached hydrogen (secondary N) is 1. The average molecular weight is 401 g/mol. The maximum absolute atomic E-state index is 12.2. The number of ketones is 2. The van der Waals surface area contributed by atoms with Gasteiger partial charge in [-0.3, -0.25) is 19.2 Å². The predicted octanol–water partition coefficient (Wildman–Crippen LogP) is 0.966. The molecule has 1 unspecified atom stereocenters. The van der Waals surface area contributed by atoms with Gasteiger partial charge in [0, 0.05) is 14.7 Å². The molecule has 0 saturated heterocycles. The molecule has 0 spiro atoms. The first-order valence-corrected chi connectivity index (χ1v) is 7.35. The molecule has 1 N–H and O–H groups in total. The third-order valence-electron chi connectivity index (χ3n) is 3.02. The molecule has 1 aromatic rings. The zero-order valence-electron chi connectivity index (χ0n) is 11.1. The van der Waals surface area contributed by atoms with E-state index in [2.05, 4.69) is 10.1 Å². The molecule has 6 nitrogen and oxygen atoms in total. The van der Waals surface area contributed by atoms with Crippen LogP contribution >= 0.6 is 22.6 Å². The average Bonchev–Trinajstić information content (AvgIpc) is 2.70. The standard InChI is InChI=1S/C14H12INO5/c1-2-21-9(17)6-16-14(20)11-12(18)7-4-3-5-8(15)10(7)13(11)19/h3-5,11H,2,6H2,1H3,(H,16,20). The van der Waals surface area contributed by atoms with Crippen molar-refractivity contribution < 1.29 is 23.9 Å². The van der Waals surface area contributed by atoms with Crippen molar-refractivity contribution in [2.75, 3.05) is 13.2 Å². The summed E-state index contributed by atoms with van der Waals surface area (Å²) in [5.74, 6) is -3.86. The number of carbonyl (C=O) groups excluding carboxylic acids is 4. The molecular formula is C14H12INO5. The zero-order valence-corrected chi connectivity index (χ0v) is 13.3. The maximum Gasteiger partial charge on any atom is 0.325 e. The number of hydrogen-bond donors (Lipinski definition) is 1. The predicted molar refractivity (Wildman–Crippen MR) is 81.0 cm³/mol. The molecular weight excluding hydrogens is 389 g/mol. The van der Waals surface area contributed by atoms with Gasteiger partial charge in [0.15, 0.2) is 17.5 Å². The van der Waals surface area contributed by atoms with Crippen molar-refractivity contribution in [1.29, 1.82) is 0 Å². The summed E-state index contributed by atoms with van der Waals surface area (Å²) < 4.78 is 5.29. The summed E-state index contributed by atoms with van der Waals surface area (Å²) in [5.41, 5.74) is 0.530. The maximum atomic E-state index is 12.2. The van der Waals surface area contributed by atoms with Crippen molar-refractivity contribution in [3.8, 4) is 0 Å². The number of ether oxygens (including phenoxy) is 1. The smallest absolute Gasteiger partial charge is 0.325 e. The molecule has 1 aliphatic rings. The third-order valence-corrected chi connectivity index (χ3v) is 3.92. The molecule has 110 valence electrons. The lowest BCUT2D eigenvalue weighted by molar-refractivity contribution is -0.143. The van der Waals surface area contributed by atoms with Gasteiger partial charge in [0.25, 0.3) is 0 Å². The molecule has 0 aromatic heterocycles. The molecule has 0 fully saturated rings. The monoisotopic (exact) mass is 401 g/mol. The van der Waals surface area contributed by atoms with Crippen LogP contribution in [0.3, 0.4) is 0 Å². The molecule has 1 atom stereocenters. The fraction of sp³-hybridized carbons (Fsp3) is 0.286. The normalized spacial score (nSPS) is 16.6. The molecule has 21 heavy (non-hydrogen) atoms. The summed E-state index contributed by atoms with van der Waals surface area (Å²) in [6.45, 7) is 1.47. The molecule has 0 aliphatic heterocycles. The Balaban J connectivity index is 2.14. The SMILES string of the molecule is CCOC(=O)CNC(=O)C1C(=O)c2cccc(I)c2C1=O. The molecule has 0 radical (unpaired) electrons. The lowest BCUT2D eigenvalue weighted by Crippen LogP contribution is -2.39. The number of hydrogen-bond acceptors (Lipinski definition) is 5. The Hall–Kier alpha value is -1.77. The van der Waals surface area contributed by atoms with Crippen LogP contribution in [0.2, 0.25) is 0 Å². The van der Waals surface area contributed by atoms with Gasteiger partial charge in [-0.2, -0.15) is 0 Å². The Bertz CT molecular complexity index is 640. The van der Waals surface area contributed by atoms with Crippen LogP contribution in [0.4, 0.5) is 0 Å². The van der Waals surface area contributed by atoms with Crippen LogP contribution in [0, 0.1) is 9.49 Å². The van der Waals surface area contributed by atoms with Crippen LogP contribution in [0.25, 0.3) is 0 Å². The number of rotatable bonds is 4. The molecule has 0 saturated carbocycles. The highest BCUT2D eigenvalue weighted by Crippen LogP contribution is 2.30. The molecule has 0 heterocycles. The van der Waals surface area contributed by atoms with Crippen molar-refractivity contribution in [3.05, 3.63) is 32.9 Å². The fourth-order valence-corrected chi connectivity index (χ4v) is 2.87. The molecule has 2 rings (SSSR count). The summed E-state index contributed by atoms with van der Waals surface area (Å²) in [6.07, 6.45) is 0. The summed E-state index contributed by atoms with van der Waals surface area (Å²) in [6, 6.07) is 4.88. The van der Waals surface area contributed by atoms with Gasteiger partial charge in [0.1, 0.15) is 6.54 Å². The van der Waals surface area contributed by atoms with Gasteiger partial charge >= 0.3 is 5.97 Å². The lowest BCUT2D eigenvalue weighted by Gasteiger charge is -2.08.